The molecule has 0 unspecified atom stereocenters. The first-order chi connectivity index (χ1) is 11.3. The molecule has 0 aliphatic heterocycles. The van der Waals surface area contributed by atoms with Crippen molar-refractivity contribution in [3.63, 3.8) is 0 Å². The number of likely N-dealkylation sites (N-methyl/N-ethyl adjacent to an activating group) is 1. The summed E-state index contributed by atoms with van der Waals surface area (Å²) < 4.78 is 10.7. The highest BCUT2D eigenvalue weighted by atomic mass is 32.3. The van der Waals surface area contributed by atoms with Gasteiger partial charge >= 0.3 is 6.16 Å². The lowest BCUT2D eigenvalue weighted by atomic mass is 10.1. The van der Waals surface area contributed by atoms with Crippen LogP contribution in [0, 0.1) is 0 Å². The van der Waals surface area contributed by atoms with Crippen LogP contribution < -0.4 is 4.74 Å². The van der Waals surface area contributed by atoms with E-state index in [1.54, 1.807) is 0 Å². The summed E-state index contributed by atoms with van der Waals surface area (Å²) in [6.07, 6.45) is 8.81. The van der Waals surface area contributed by atoms with Crippen molar-refractivity contribution in [2.24, 2.45) is 0 Å². The Labute approximate surface area is 145 Å². The summed E-state index contributed by atoms with van der Waals surface area (Å²) in [4.78, 5) is 17.4. The molecule has 24 heavy (non-hydrogen) atoms. The number of nitrogens with zero attached hydrogens (tertiary/aromatic N) is 1. The Morgan fingerprint density at radius 1 is 1.25 bits per heavy atom. The Hall–Kier alpha value is -1.66. The standard InChI is InChI=1S/C18H28N2O3S/c1-20(2)10-9-14-13-19-15-7-6-8-16(17(14)15)23-18(21)22-11-12-24(3,4)5/h6-8,13,19H,9-12H2,1-5H3. The molecule has 0 radical (unpaired) electrons. The van der Waals surface area contributed by atoms with Gasteiger partial charge < -0.3 is 19.4 Å². The van der Waals surface area contributed by atoms with E-state index in [0.29, 0.717) is 12.4 Å². The summed E-state index contributed by atoms with van der Waals surface area (Å²) in [6.45, 7) is 1.33. The molecule has 5 nitrogen and oxygen atoms in total. The van der Waals surface area contributed by atoms with Crippen LogP contribution >= 0.6 is 10.0 Å². The largest absolute Gasteiger partial charge is 0.513 e. The van der Waals surface area contributed by atoms with Crippen LogP contribution in [0.25, 0.3) is 10.9 Å². The van der Waals surface area contributed by atoms with Crippen LogP contribution in [0.4, 0.5) is 4.79 Å². The van der Waals surface area contributed by atoms with Crippen molar-refractivity contribution in [3.8, 4) is 5.75 Å². The molecular weight excluding hydrogens is 324 g/mol. The van der Waals surface area contributed by atoms with Gasteiger partial charge in [0.25, 0.3) is 0 Å². The quantitative estimate of drug-likeness (QED) is 0.612. The third kappa shape index (κ3) is 5.46. The van der Waals surface area contributed by atoms with E-state index in [1.165, 1.54) is 0 Å². The van der Waals surface area contributed by atoms with Gasteiger partial charge in [-0.3, -0.25) is 0 Å². The molecule has 0 saturated carbocycles. The predicted molar refractivity (Wildman–Crippen MR) is 103 cm³/mol. The molecule has 0 atom stereocenters. The normalized spacial score (nSPS) is 12.6. The summed E-state index contributed by atoms with van der Waals surface area (Å²) in [5, 5.41) is 0.956. The number of carbonyl (C=O) groups is 1. The number of hydrogen-bond donors (Lipinski definition) is 1. The Balaban J connectivity index is 2.08. The van der Waals surface area contributed by atoms with E-state index in [2.05, 4.69) is 28.7 Å². The lowest BCUT2D eigenvalue weighted by Crippen LogP contribution is -2.16. The van der Waals surface area contributed by atoms with Gasteiger partial charge in [-0.2, -0.15) is 0 Å². The number of aromatic amines is 1. The smallest absolute Gasteiger partial charge is 0.433 e. The van der Waals surface area contributed by atoms with Crippen LogP contribution in [0.2, 0.25) is 0 Å². The second-order valence-electron chi connectivity index (χ2n) is 7.04. The molecule has 6 heteroatoms. The minimum Gasteiger partial charge on any atom is -0.433 e. The Morgan fingerprint density at radius 3 is 2.67 bits per heavy atom. The Kier molecular flexibility index (Phi) is 6.18. The summed E-state index contributed by atoms with van der Waals surface area (Å²) in [7, 11) is 3.40. The van der Waals surface area contributed by atoms with Crippen LogP contribution in [0.3, 0.4) is 0 Å². The summed E-state index contributed by atoms with van der Waals surface area (Å²) >= 11 is 0. The molecule has 0 bridgehead atoms. The summed E-state index contributed by atoms with van der Waals surface area (Å²) in [6, 6.07) is 5.66. The van der Waals surface area contributed by atoms with Gasteiger partial charge in [-0.15, -0.1) is 0 Å². The summed E-state index contributed by atoms with van der Waals surface area (Å²) in [5.41, 5.74) is 2.11. The number of carbonyl (C=O) groups excluding carboxylic acids is 1. The van der Waals surface area contributed by atoms with Crippen LogP contribution in [0.1, 0.15) is 5.56 Å². The molecule has 2 aromatic rings. The molecule has 0 fully saturated rings. The maximum atomic E-state index is 12.0. The molecule has 0 aliphatic carbocycles. The van der Waals surface area contributed by atoms with Gasteiger partial charge in [0.05, 0.1) is 0 Å². The fourth-order valence-corrected chi connectivity index (χ4v) is 2.92. The van der Waals surface area contributed by atoms with E-state index in [9.17, 15) is 4.79 Å². The van der Waals surface area contributed by atoms with Gasteiger partial charge in [0.2, 0.25) is 0 Å². The molecule has 1 aromatic carbocycles. The van der Waals surface area contributed by atoms with Crippen LogP contribution in [-0.2, 0) is 11.2 Å². The Bertz CT molecular complexity index is 689. The highest BCUT2D eigenvalue weighted by molar-refractivity contribution is 8.32. The number of hydrogen-bond acceptors (Lipinski definition) is 4. The highest BCUT2D eigenvalue weighted by Gasteiger charge is 2.14. The average molecular weight is 353 g/mol. The number of rotatable bonds is 7. The topological polar surface area (TPSA) is 54.6 Å². The SMILES string of the molecule is CN(C)CCc1c[nH]c2cccc(OC(=O)OCCS(C)(C)C)c12. The second-order valence-corrected chi connectivity index (χ2v) is 11.6. The Morgan fingerprint density at radius 2 is 2.00 bits per heavy atom. The first-order valence-corrected chi connectivity index (χ1v) is 11.0. The van der Waals surface area contributed by atoms with Gasteiger partial charge in [-0.25, -0.2) is 14.8 Å². The van der Waals surface area contributed by atoms with Crippen LogP contribution in [0.15, 0.2) is 24.4 Å². The third-order valence-corrected chi connectivity index (χ3v) is 5.08. The minimum absolute atomic E-state index is 0.397. The monoisotopic (exact) mass is 352 g/mol. The van der Waals surface area contributed by atoms with Crippen LogP contribution in [0.5, 0.6) is 5.75 Å². The van der Waals surface area contributed by atoms with E-state index in [-0.39, 0.29) is 0 Å². The van der Waals surface area contributed by atoms with Gasteiger partial charge in [0, 0.05) is 29.4 Å². The van der Waals surface area contributed by atoms with Crippen molar-refractivity contribution in [3.05, 3.63) is 30.0 Å². The van der Waals surface area contributed by atoms with E-state index in [4.69, 9.17) is 9.47 Å². The van der Waals surface area contributed by atoms with Crippen molar-refractivity contribution in [2.75, 3.05) is 51.8 Å². The number of fused-ring (bicyclic) bond motifs is 1. The number of aromatic nitrogens is 1. The first kappa shape index (κ1) is 18.7. The summed E-state index contributed by atoms with van der Waals surface area (Å²) in [5.74, 6) is 1.43. The fourth-order valence-electron chi connectivity index (χ4n) is 2.34. The number of nitrogens with one attached hydrogen (secondary N) is 1. The van der Waals surface area contributed by atoms with Crippen molar-refractivity contribution >= 4 is 27.1 Å². The van der Waals surface area contributed by atoms with Gasteiger partial charge in [-0.05, 0) is 57.0 Å². The third-order valence-electron chi connectivity index (χ3n) is 3.69. The lowest BCUT2D eigenvalue weighted by molar-refractivity contribution is 0.105. The molecule has 1 heterocycles. The lowest BCUT2D eigenvalue weighted by Gasteiger charge is -2.24. The molecule has 1 aromatic heterocycles. The molecular formula is C18H28N2O3S. The zero-order chi connectivity index (χ0) is 17.7. The molecule has 134 valence electrons. The minimum atomic E-state index is -0.683. The molecule has 2 rings (SSSR count). The van der Waals surface area contributed by atoms with E-state index in [0.717, 1.165) is 35.2 Å². The van der Waals surface area contributed by atoms with Crippen LogP contribution in [-0.4, -0.2) is 67.8 Å². The molecule has 0 saturated heterocycles. The fraction of sp³-hybridized carbons (Fsp3) is 0.500. The zero-order valence-electron chi connectivity index (χ0n) is 15.2. The van der Waals surface area contributed by atoms with Gasteiger partial charge in [0.1, 0.15) is 12.4 Å². The van der Waals surface area contributed by atoms with E-state index < -0.39 is 16.2 Å². The molecule has 1 N–H and O–H groups in total. The first-order valence-electron chi connectivity index (χ1n) is 8.00. The van der Waals surface area contributed by atoms with Crippen molar-refractivity contribution in [1.82, 2.24) is 9.88 Å². The highest BCUT2D eigenvalue weighted by Crippen LogP contribution is 2.34. The van der Waals surface area contributed by atoms with Gasteiger partial charge in [0.15, 0.2) is 0 Å². The van der Waals surface area contributed by atoms with Crippen molar-refractivity contribution < 1.29 is 14.3 Å². The van der Waals surface area contributed by atoms with Gasteiger partial charge in [-0.1, -0.05) is 6.07 Å². The molecule has 0 amide bonds. The number of benzene rings is 1. The number of H-pyrrole nitrogens is 1. The van der Waals surface area contributed by atoms with E-state index >= 15 is 0 Å². The maximum Gasteiger partial charge on any atom is 0.513 e. The zero-order valence-corrected chi connectivity index (χ0v) is 16.0. The molecule has 0 aliphatic rings. The average Bonchev–Trinajstić information content (AvgIpc) is 2.88. The second kappa shape index (κ2) is 7.94. The number of ether oxygens (including phenoxy) is 2. The predicted octanol–water partition coefficient (Wildman–Crippen LogP) is 3.48. The maximum absolute atomic E-state index is 12.0. The van der Waals surface area contributed by atoms with Crippen molar-refractivity contribution in [2.45, 2.75) is 6.42 Å². The molecule has 0 spiro atoms. The van der Waals surface area contributed by atoms with E-state index in [1.807, 2.05) is 38.5 Å². The van der Waals surface area contributed by atoms with Crippen molar-refractivity contribution in [1.29, 1.82) is 0 Å².